The molecular weight excluding hydrogens is 318 g/mol. The Bertz CT molecular complexity index is 437. The Morgan fingerprint density at radius 2 is 1.60 bits per heavy atom. The van der Waals surface area contributed by atoms with Crippen molar-refractivity contribution in [2.75, 3.05) is 20.3 Å². The van der Waals surface area contributed by atoms with Gasteiger partial charge in [-0.05, 0) is 19.3 Å². The number of hydrogen-bond acceptors (Lipinski definition) is 4. The number of rotatable bonds is 12. The molecule has 0 aliphatic carbocycles. The third-order valence-corrected chi connectivity index (χ3v) is 4.02. The number of carbonyl (C=O) groups is 2. The molecule has 144 valence electrons. The largest absolute Gasteiger partial charge is 0.464 e. The van der Waals surface area contributed by atoms with E-state index in [1.807, 2.05) is 13.8 Å². The summed E-state index contributed by atoms with van der Waals surface area (Å²) in [6.45, 7) is 8.08. The minimum Gasteiger partial charge on any atom is -0.464 e. The summed E-state index contributed by atoms with van der Waals surface area (Å²) in [4.78, 5) is 25.6. The van der Waals surface area contributed by atoms with Crippen LogP contribution >= 0.6 is 0 Å². The van der Waals surface area contributed by atoms with E-state index in [-0.39, 0.29) is 18.5 Å². The van der Waals surface area contributed by atoms with E-state index >= 15 is 0 Å². The number of esters is 1. The third kappa shape index (κ3) is 10.7. The second kappa shape index (κ2) is 14.6. The molecule has 0 aromatic heterocycles. The fourth-order valence-electron chi connectivity index (χ4n) is 2.58. The van der Waals surface area contributed by atoms with Crippen molar-refractivity contribution >= 4 is 12.1 Å². The van der Waals surface area contributed by atoms with Gasteiger partial charge in [-0.1, -0.05) is 65.2 Å². The van der Waals surface area contributed by atoms with Gasteiger partial charge in [-0.25, -0.2) is 9.59 Å². The van der Waals surface area contributed by atoms with E-state index in [9.17, 15) is 9.59 Å². The molecule has 0 saturated carbocycles. The molecule has 25 heavy (non-hydrogen) atoms. The van der Waals surface area contributed by atoms with Crippen LogP contribution in [-0.4, -0.2) is 43.3 Å². The van der Waals surface area contributed by atoms with E-state index in [1.54, 1.807) is 14.0 Å². The lowest BCUT2D eigenvalue weighted by atomic mass is 10.0. The smallest absolute Gasteiger partial charge is 0.411 e. The number of hydrogen-bond donors (Lipinski definition) is 0. The number of likely N-dealkylation sites (N-methyl/N-ethyl adjacent to an activating group) is 1. The van der Waals surface area contributed by atoms with Gasteiger partial charge in [-0.15, -0.1) is 5.92 Å². The van der Waals surface area contributed by atoms with E-state index < -0.39 is 12.1 Å². The monoisotopic (exact) mass is 353 g/mol. The molecule has 0 aliphatic rings. The van der Waals surface area contributed by atoms with Crippen LogP contribution in [0.5, 0.6) is 0 Å². The summed E-state index contributed by atoms with van der Waals surface area (Å²) < 4.78 is 10.4. The van der Waals surface area contributed by atoms with Crippen molar-refractivity contribution in [3.63, 3.8) is 0 Å². The summed E-state index contributed by atoms with van der Waals surface area (Å²) in [6.07, 6.45) is 7.60. The Kier molecular flexibility index (Phi) is 13.6. The molecule has 0 radical (unpaired) electrons. The molecule has 1 unspecified atom stereocenters. The van der Waals surface area contributed by atoms with Gasteiger partial charge in [-0.2, -0.15) is 0 Å². The van der Waals surface area contributed by atoms with Gasteiger partial charge in [0.1, 0.15) is 6.04 Å². The molecule has 0 heterocycles. The first-order valence-electron chi connectivity index (χ1n) is 9.41. The maximum absolute atomic E-state index is 12.3. The molecule has 0 bridgehead atoms. The molecule has 0 rings (SSSR count). The van der Waals surface area contributed by atoms with Crippen LogP contribution in [0, 0.1) is 17.8 Å². The highest BCUT2D eigenvalue weighted by Gasteiger charge is 2.31. The minimum absolute atomic E-state index is 0.0254. The maximum atomic E-state index is 12.3. The second-order valence-corrected chi connectivity index (χ2v) is 6.57. The highest BCUT2D eigenvalue weighted by molar-refractivity contribution is 5.81. The summed E-state index contributed by atoms with van der Waals surface area (Å²) in [5.41, 5.74) is 0. The average molecular weight is 354 g/mol. The van der Waals surface area contributed by atoms with Gasteiger partial charge in [0.05, 0.1) is 6.61 Å². The van der Waals surface area contributed by atoms with Crippen molar-refractivity contribution in [3.05, 3.63) is 0 Å². The normalized spacial score (nSPS) is 11.4. The molecule has 0 aromatic carbocycles. The van der Waals surface area contributed by atoms with Crippen LogP contribution in [0.2, 0.25) is 0 Å². The lowest BCUT2D eigenvalue weighted by Gasteiger charge is -2.28. The summed E-state index contributed by atoms with van der Waals surface area (Å²) >= 11 is 0. The number of ether oxygens (including phenoxy) is 2. The van der Waals surface area contributed by atoms with Crippen molar-refractivity contribution in [2.24, 2.45) is 5.92 Å². The zero-order chi connectivity index (χ0) is 19.1. The predicted molar refractivity (Wildman–Crippen MR) is 100 cm³/mol. The van der Waals surface area contributed by atoms with Gasteiger partial charge < -0.3 is 9.47 Å². The predicted octanol–water partition coefficient (Wildman–Crippen LogP) is 4.40. The lowest BCUT2D eigenvalue weighted by molar-refractivity contribution is -0.150. The molecule has 0 N–H and O–H groups in total. The number of amides is 1. The molecule has 1 atom stereocenters. The summed E-state index contributed by atoms with van der Waals surface area (Å²) in [5.74, 6) is 4.89. The quantitative estimate of drug-likeness (QED) is 0.296. The zero-order valence-electron chi connectivity index (χ0n) is 16.6. The topological polar surface area (TPSA) is 55.8 Å². The average Bonchev–Trinajstić information content (AvgIpc) is 2.57. The molecule has 1 amide bonds. The van der Waals surface area contributed by atoms with Crippen molar-refractivity contribution < 1.29 is 19.1 Å². The number of unbranched alkanes of at least 4 members (excludes halogenated alkanes) is 6. The molecule has 0 saturated heterocycles. The van der Waals surface area contributed by atoms with Gasteiger partial charge in [0.25, 0.3) is 0 Å². The van der Waals surface area contributed by atoms with Gasteiger partial charge in [-0.3, -0.25) is 4.90 Å². The molecule has 0 fully saturated rings. The first kappa shape index (κ1) is 23.3. The summed E-state index contributed by atoms with van der Waals surface area (Å²) in [7, 11) is 1.56. The summed E-state index contributed by atoms with van der Waals surface area (Å²) in [5, 5.41) is 0. The summed E-state index contributed by atoms with van der Waals surface area (Å²) in [6, 6.07) is -0.647. The van der Waals surface area contributed by atoms with E-state index in [2.05, 4.69) is 18.8 Å². The minimum atomic E-state index is -0.647. The van der Waals surface area contributed by atoms with Crippen molar-refractivity contribution in [1.82, 2.24) is 4.90 Å². The van der Waals surface area contributed by atoms with Crippen molar-refractivity contribution in [2.45, 2.75) is 78.7 Å². The highest BCUT2D eigenvalue weighted by atomic mass is 16.6. The van der Waals surface area contributed by atoms with Crippen LogP contribution in [0.3, 0.4) is 0 Å². The van der Waals surface area contributed by atoms with E-state index in [0.717, 1.165) is 12.8 Å². The Labute approximate surface area is 153 Å². The molecule has 0 spiro atoms. The van der Waals surface area contributed by atoms with Crippen molar-refractivity contribution in [3.8, 4) is 11.8 Å². The Hall–Kier alpha value is -1.70. The van der Waals surface area contributed by atoms with Gasteiger partial charge in [0.2, 0.25) is 0 Å². The van der Waals surface area contributed by atoms with Gasteiger partial charge >= 0.3 is 12.1 Å². The molecule has 0 aromatic rings. The van der Waals surface area contributed by atoms with Crippen LogP contribution in [0.1, 0.15) is 72.6 Å². The Balaban J connectivity index is 4.22. The molecule has 0 aliphatic heterocycles. The SMILES string of the molecule is CC#CCOC(=O)N(C)C(C(=O)OCCCCCCCCC)C(C)C. The Morgan fingerprint density at radius 1 is 1.00 bits per heavy atom. The fraction of sp³-hybridized carbons (Fsp3) is 0.800. The molecule has 5 nitrogen and oxygen atoms in total. The first-order chi connectivity index (χ1) is 12.0. The molecular formula is C20H35NO4. The van der Waals surface area contributed by atoms with Crippen LogP contribution in [0.4, 0.5) is 4.79 Å². The molecule has 5 heteroatoms. The van der Waals surface area contributed by atoms with Crippen LogP contribution < -0.4 is 0 Å². The fourth-order valence-corrected chi connectivity index (χ4v) is 2.58. The van der Waals surface area contributed by atoms with E-state index in [0.29, 0.717) is 6.61 Å². The first-order valence-corrected chi connectivity index (χ1v) is 9.41. The third-order valence-electron chi connectivity index (χ3n) is 4.02. The van der Waals surface area contributed by atoms with Crippen LogP contribution in [0.15, 0.2) is 0 Å². The number of carbonyl (C=O) groups excluding carboxylic acids is 2. The van der Waals surface area contributed by atoms with E-state index in [1.165, 1.54) is 37.0 Å². The van der Waals surface area contributed by atoms with Gasteiger partial charge in [0.15, 0.2) is 6.61 Å². The second-order valence-electron chi connectivity index (χ2n) is 6.57. The maximum Gasteiger partial charge on any atom is 0.411 e. The Morgan fingerprint density at radius 3 is 2.16 bits per heavy atom. The number of nitrogens with zero attached hydrogens (tertiary/aromatic N) is 1. The van der Waals surface area contributed by atoms with Gasteiger partial charge in [0, 0.05) is 7.05 Å². The zero-order valence-corrected chi connectivity index (χ0v) is 16.6. The highest BCUT2D eigenvalue weighted by Crippen LogP contribution is 2.13. The van der Waals surface area contributed by atoms with E-state index in [4.69, 9.17) is 9.47 Å². The van der Waals surface area contributed by atoms with Crippen LogP contribution in [0.25, 0.3) is 0 Å². The lowest BCUT2D eigenvalue weighted by Crippen LogP contribution is -2.46. The van der Waals surface area contributed by atoms with Crippen molar-refractivity contribution in [1.29, 1.82) is 0 Å². The standard InChI is InChI=1S/C20H35NO4/c1-6-8-10-11-12-13-14-16-24-19(22)18(17(3)4)21(5)20(23)25-15-9-7-2/h17-18H,6,8,10-16H2,1-5H3. The van der Waals surface area contributed by atoms with Crippen LogP contribution in [-0.2, 0) is 14.3 Å².